The molecule has 1 fully saturated rings. The number of para-hydroxylation sites is 1. The van der Waals surface area contributed by atoms with Crippen molar-refractivity contribution in [2.24, 2.45) is 0 Å². The Balaban J connectivity index is 1.77. The van der Waals surface area contributed by atoms with E-state index in [1.54, 1.807) is 0 Å². The molecule has 3 heteroatoms. The average Bonchev–Trinajstić information content (AvgIpc) is 3.12. The third kappa shape index (κ3) is 1.75. The molecule has 0 bridgehead atoms. The maximum Gasteiger partial charge on any atom is 0.226 e. The van der Waals surface area contributed by atoms with Crippen LogP contribution in [0.4, 0.5) is 5.69 Å². The second-order valence-corrected chi connectivity index (χ2v) is 7.17. The van der Waals surface area contributed by atoms with Gasteiger partial charge in [0.05, 0.1) is 11.6 Å². The van der Waals surface area contributed by atoms with Crippen molar-refractivity contribution in [1.29, 1.82) is 0 Å². The van der Waals surface area contributed by atoms with Gasteiger partial charge in [-0.15, -0.1) is 0 Å². The number of nitrogens with zero attached hydrogens (tertiary/aromatic N) is 2. The van der Waals surface area contributed by atoms with Crippen molar-refractivity contribution in [2.45, 2.75) is 50.6 Å². The molecular weight excluding hydrogens is 296 g/mol. The number of hydrogen-bond donors (Lipinski definition) is 0. The van der Waals surface area contributed by atoms with Crippen LogP contribution < -0.4 is 4.90 Å². The summed E-state index contributed by atoms with van der Waals surface area (Å²) in [5, 5.41) is 1.18. The molecule has 1 aliphatic carbocycles. The second kappa shape index (κ2) is 5.10. The predicted molar refractivity (Wildman–Crippen MR) is 96.1 cm³/mol. The summed E-state index contributed by atoms with van der Waals surface area (Å²) in [7, 11) is 0. The fourth-order valence-corrected chi connectivity index (χ4v) is 4.98. The quantitative estimate of drug-likeness (QED) is 0.587. The van der Waals surface area contributed by atoms with E-state index in [0.29, 0.717) is 6.04 Å². The minimum atomic E-state index is -0.00491. The lowest BCUT2D eigenvalue weighted by Gasteiger charge is -2.44. The topological polar surface area (TPSA) is 29.3 Å². The number of benzene rings is 1. The van der Waals surface area contributed by atoms with Crippen LogP contribution in [-0.4, -0.2) is 4.98 Å². The monoisotopic (exact) mass is 318 g/mol. The summed E-state index contributed by atoms with van der Waals surface area (Å²) in [6.07, 6.45) is 8.01. The van der Waals surface area contributed by atoms with Gasteiger partial charge >= 0.3 is 0 Å². The largest absolute Gasteiger partial charge is 0.440 e. The van der Waals surface area contributed by atoms with E-state index in [9.17, 15) is 0 Å². The highest BCUT2D eigenvalue weighted by atomic mass is 16.3. The number of furan rings is 1. The average molecular weight is 318 g/mol. The molecule has 0 unspecified atom stereocenters. The third-order valence-electron chi connectivity index (χ3n) is 5.91. The first kappa shape index (κ1) is 14.1. The smallest absolute Gasteiger partial charge is 0.226 e. The van der Waals surface area contributed by atoms with Gasteiger partial charge in [-0.3, -0.25) is 0 Å². The summed E-state index contributed by atoms with van der Waals surface area (Å²) >= 11 is 0. The van der Waals surface area contributed by atoms with Crippen molar-refractivity contribution in [3.05, 3.63) is 60.0 Å². The van der Waals surface area contributed by atoms with Crippen LogP contribution in [0, 0.1) is 0 Å². The summed E-state index contributed by atoms with van der Waals surface area (Å²) < 4.78 is 6.37. The minimum Gasteiger partial charge on any atom is -0.440 e. The van der Waals surface area contributed by atoms with Gasteiger partial charge < -0.3 is 9.32 Å². The number of anilines is 1. The Morgan fingerprint density at radius 3 is 2.62 bits per heavy atom. The van der Waals surface area contributed by atoms with Gasteiger partial charge in [-0.05, 0) is 44.0 Å². The summed E-state index contributed by atoms with van der Waals surface area (Å²) in [5.41, 5.74) is 3.45. The molecular formula is C21H22N2O. The Kier molecular flexibility index (Phi) is 2.99. The van der Waals surface area contributed by atoms with Gasteiger partial charge in [0.2, 0.25) is 5.71 Å². The first-order valence-electron chi connectivity index (χ1n) is 9.03. The van der Waals surface area contributed by atoms with E-state index in [1.165, 1.54) is 54.5 Å². The van der Waals surface area contributed by atoms with Crippen molar-refractivity contribution < 1.29 is 4.42 Å². The van der Waals surface area contributed by atoms with Crippen LogP contribution in [0.2, 0.25) is 0 Å². The number of aromatic nitrogens is 1. The van der Waals surface area contributed by atoms with Crippen molar-refractivity contribution in [2.75, 3.05) is 4.90 Å². The predicted octanol–water partition coefficient (Wildman–Crippen LogP) is 5.57. The first-order chi connectivity index (χ1) is 11.8. The molecule has 1 saturated carbocycles. The van der Waals surface area contributed by atoms with Gasteiger partial charge in [-0.25, -0.2) is 4.98 Å². The molecule has 1 atom stereocenters. The van der Waals surface area contributed by atoms with E-state index in [1.807, 2.05) is 12.3 Å². The highest BCUT2D eigenvalue weighted by Crippen LogP contribution is 2.57. The SMILES string of the molecule is C[C@H]1c2c(oc3ncccc23)C2(CCCCC2)N1c1ccccc1. The van der Waals surface area contributed by atoms with Gasteiger partial charge in [0.1, 0.15) is 5.76 Å². The minimum absolute atomic E-state index is 0.00491. The number of fused-ring (bicyclic) bond motifs is 4. The normalized spacial score (nSPS) is 22.2. The Bertz CT molecular complexity index is 877. The molecule has 3 nitrogen and oxygen atoms in total. The van der Waals surface area contributed by atoms with Crippen LogP contribution in [0.1, 0.15) is 56.4 Å². The molecule has 2 aromatic heterocycles. The Hall–Kier alpha value is -2.29. The van der Waals surface area contributed by atoms with Crippen molar-refractivity contribution in [1.82, 2.24) is 4.98 Å². The van der Waals surface area contributed by atoms with Gasteiger partial charge in [-0.1, -0.05) is 37.5 Å². The molecule has 24 heavy (non-hydrogen) atoms. The van der Waals surface area contributed by atoms with E-state index in [0.717, 1.165) is 5.71 Å². The van der Waals surface area contributed by atoms with Crippen LogP contribution in [0.5, 0.6) is 0 Å². The summed E-state index contributed by atoms with van der Waals surface area (Å²) in [6, 6.07) is 15.3. The molecule has 3 aromatic rings. The Morgan fingerprint density at radius 1 is 1.04 bits per heavy atom. The molecule has 0 saturated heterocycles. The molecule has 1 aliphatic heterocycles. The van der Waals surface area contributed by atoms with E-state index in [-0.39, 0.29) is 5.54 Å². The summed E-state index contributed by atoms with van der Waals surface area (Å²) in [4.78, 5) is 7.09. The summed E-state index contributed by atoms with van der Waals surface area (Å²) in [6.45, 7) is 2.32. The first-order valence-corrected chi connectivity index (χ1v) is 9.03. The molecule has 0 N–H and O–H groups in total. The van der Waals surface area contributed by atoms with Crippen LogP contribution in [0.15, 0.2) is 53.1 Å². The Morgan fingerprint density at radius 2 is 1.83 bits per heavy atom. The zero-order valence-corrected chi connectivity index (χ0v) is 14.0. The summed E-state index contributed by atoms with van der Waals surface area (Å²) in [5.74, 6) is 1.17. The molecule has 122 valence electrons. The molecule has 3 heterocycles. The zero-order chi connectivity index (χ0) is 16.1. The lowest BCUT2D eigenvalue weighted by Crippen LogP contribution is -2.44. The van der Waals surface area contributed by atoms with Crippen molar-refractivity contribution >= 4 is 16.8 Å². The van der Waals surface area contributed by atoms with E-state index in [2.05, 4.69) is 53.2 Å². The van der Waals surface area contributed by atoms with Gasteiger partial charge in [-0.2, -0.15) is 0 Å². The van der Waals surface area contributed by atoms with Crippen molar-refractivity contribution in [3.63, 3.8) is 0 Å². The third-order valence-corrected chi connectivity index (χ3v) is 5.91. The maximum absolute atomic E-state index is 6.37. The Labute approximate surface area is 142 Å². The molecule has 5 rings (SSSR count). The number of hydrogen-bond acceptors (Lipinski definition) is 3. The van der Waals surface area contributed by atoms with Gasteiger partial charge in [0, 0.05) is 22.8 Å². The molecule has 1 aromatic carbocycles. The fourth-order valence-electron chi connectivity index (χ4n) is 4.98. The molecule has 2 aliphatic rings. The van der Waals surface area contributed by atoms with Gasteiger partial charge in [0.15, 0.2) is 0 Å². The van der Waals surface area contributed by atoms with E-state index >= 15 is 0 Å². The van der Waals surface area contributed by atoms with Crippen LogP contribution in [-0.2, 0) is 5.54 Å². The highest BCUT2D eigenvalue weighted by Gasteiger charge is 2.53. The fraction of sp³-hybridized carbons (Fsp3) is 0.381. The molecule has 0 radical (unpaired) electrons. The molecule has 0 amide bonds. The number of pyridine rings is 1. The van der Waals surface area contributed by atoms with Crippen LogP contribution in [0.25, 0.3) is 11.1 Å². The lowest BCUT2D eigenvalue weighted by atomic mass is 9.79. The standard InChI is InChI=1S/C21H22N2O/c1-15-18-17-11-8-14-22-20(17)24-19(18)21(12-6-3-7-13-21)23(15)16-9-4-2-5-10-16/h2,4-5,8-11,14-15H,3,6-7,12-13H2,1H3/t15-/m0/s1. The lowest BCUT2D eigenvalue weighted by molar-refractivity contribution is 0.247. The second-order valence-electron chi connectivity index (χ2n) is 7.17. The van der Waals surface area contributed by atoms with E-state index < -0.39 is 0 Å². The maximum atomic E-state index is 6.37. The van der Waals surface area contributed by atoms with Crippen LogP contribution >= 0.6 is 0 Å². The number of rotatable bonds is 1. The molecule has 1 spiro atoms. The van der Waals surface area contributed by atoms with Gasteiger partial charge in [0.25, 0.3) is 0 Å². The van der Waals surface area contributed by atoms with E-state index in [4.69, 9.17) is 4.42 Å². The zero-order valence-electron chi connectivity index (χ0n) is 14.0. The van der Waals surface area contributed by atoms with Crippen LogP contribution in [0.3, 0.4) is 0 Å². The van der Waals surface area contributed by atoms with Crippen molar-refractivity contribution in [3.8, 4) is 0 Å². The highest BCUT2D eigenvalue weighted by molar-refractivity contribution is 5.83.